The van der Waals surface area contributed by atoms with E-state index in [4.69, 9.17) is 4.74 Å². The van der Waals surface area contributed by atoms with Crippen LogP contribution in [0.4, 0.5) is 4.39 Å². The maximum absolute atomic E-state index is 14.4. The van der Waals surface area contributed by atoms with Crippen LogP contribution in [-0.4, -0.2) is 29.0 Å². The largest absolute Gasteiger partial charge is 0.394 e. The molecule has 0 aliphatic carbocycles. The Kier molecular flexibility index (Phi) is 5.05. The summed E-state index contributed by atoms with van der Waals surface area (Å²) in [5.74, 6) is -0.235. The number of ether oxygens (including phenoxy) is 1. The van der Waals surface area contributed by atoms with E-state index in [1.165, 1.54) is 16.2 Å². The van der Waals surface area contributed by atoms with E-state index in [0.717, 1.165) is 10.4 Å². The molecule has 5 heteroatoms. The second-order valence-corrected chi connectivity index (χ2v) is 8.00. The Morgan fingerprint density at radius 1 is 1.12 bits per heavy atom. The summed E-state index contributed by atoms with van der Waals surface area (Å²) >= 11 is 1.68. The van der Waals surface area contributed by atoms with Gasteiger partial charge in [0.15, 0.2) is 0 Å². The first-order valence-corrected chi connectivity index (χ1v) is 9.64. The summed E-state index contributed by atoms with van der Waals surface area (Å²) in [6, 6.07) is 15.3. The first kappa shape index (κ1) is 17.6. The Morgan fingerprint density at radius 2 is 1.96 bits per heavy atom. The number of halogens is 1. The van der Waals surface area contributed by atoms with Crippen molar-refractivity contribution in [3.63, 3.8) is 0 Å². The summed E-state index contributed by atoms with van der Waals surface area (Å²) in [4.78, 5) is 1.11. The van der Waals surface area contributed by atoms with Gasteiger partial charge < -0.3 is 14.9 Å². The van der Waals surface area contributed by atoms with Crippen molar-refractivity contribution in [1.29, 1.82) is 0 Å². The van der Waals surface area contributed by atoms with Gasteiger partial charge in [0.25, 0.3) is 0 Å². The van der Waals surface area contributed by atoms with Crippen LogP contribution < -0.4 is 0 Å². The summed E-state index contributed by atoms with van der Waals surface area (Å²) < 4.78 is 21.4. The number of fused-ring (bicyclic) bond motifs is 1. The molecule has 26 heavy (non-hydrogen) atoms. The smallest absolute Gasteiger partial charge is 0.126 e. The van der Waals surface area contributed by atoms with Gasteiger partial charge in [-0.2, -0.15) is 0 Å². The molecule has 0 spiro atoms. The zero-order valence-corrected chi connectivity index (χ0v) is 15.1. The quantitative estimate of drug-likeness (QED) is 0.721. The number of hydrogen-bond donors (Lipinski definition) is 2. The van der Waals surface area contributed by atoms with E-state index in [9.17, 15) is 14.6 Å². The number of rotatable bonds is 4. The third-order valence-electron chi connectivity index (χ3n) is 4.86. The molecule has 1 aliphatic heterocycles. The highest BCUT2D eigenvalue weighted by atomic mass is 32.1. The monoisotopic (exact) mass is 372 g/mol. The maximum Gasteiger partial charge on any atom is 0.126 e. The molecule has 1 aliphatic rings. The van der Waals surface area contributed by atoms with Crippen molar-refractivity contribution in [2.24, 2.45) is 0 Å². The Hall–Kier alpha value is -1.79. The van der Waals surface area contributed by atoms with E-state index >= 15 is 0 Å². The van der Waals surface area contributed by atoms with Gasteiger partial charge in [0.1, 0.15) is 5.82 Å². The highest BCUT2D eigenvalue weighted by Gasteiger charge is 2.29. The van der Waals surface area contributed by atoms with Crippen LogP contribution in [0.1, 0.15) is 34.9 Å². The van der Waals surface area contributed by atoms with E-state index < -0.39 is 6.10 Å². The van der Waals surface area contributed by atoms with Crippen molar-refractivity contribution >= 4 is 21.4 Å². The van der Waals surface area contributed by atoms with Gasteiger partial charge in [-0.15, -0.1) is 11.3 Å². The molecule has 2 aromatic carbocycles. The van der Waals surface area contributed by atoms with Crippen molar-refractivity contribution in [2.45, 2.75) is 37.6 Å². The molecular formula is C21H21FO3S. The second kappa shape index (κ2) is 7.45. The van der Waals surface area contributed by atoms with Gasteiger partial charge in [-0.1, -0.05) is 24.3 Å². The molecule has 0 saturated carbocycles. The maximum atomic E-state index is 14.4. The fourth-order valence-electron chi connectivity index (χ4n) is 3.56. The average Bonchev–Trinajstić information content (AvgIpc) is 3.05. The van der Waals surface area contributed by atoms with Crippen molar-refractivity contribution in [3.05, 3.63) is 70.4 Å². The Morgan fingerprint density at radius 3 is 2.77 bits per heavy atom. The third kappa shape index (κ3) is 3.67. The Bertz CT molecular complexity index is 874. The predicted molar refractivity (Wildman–Crippen MR) is 101 cm³/mol. The minimum Gasteiger partial charge on any atom is -0.394 e. The Labute approximate surface area is 155 Å². The molecule has 3 atom stereocenters. The lowest BCUT2D eigenvalue weighted by atomic mass is 9.94. The number of thiophene rings is 1. The van der Waals surface area contributed by atoms with E-state index in [1.54, 1.807) is 17.4 Å². The van der Waals surface area contributed by atoms with E-state index in [1.807, 2.05) is 18.2 Å². The minimum absolute atomic E-state index is 0.122. The summed E-state index contributed by atoms with van der Waals surface area (Å²) in [6.45, 7) is -0.122. The van der Waals surface area contributed by atoms with Gasteiger partial charge in [0, 0.05) is 28.8 Å². The first-order chi connectivity index (χ1) is 12.6. The number of aliphatic hydroxyl groups excluding tert-OH is 2. The number of aliphatic hydroxyl groups is 2. The van der Waals surface area contributed by atoms with E-state index in [2.05, 4.69) is 18.2 Å². The van der Waals surface area contributed by atoms with Crippen LogP contribution in [0.25, 0.3) is 10.1 Å². The van der Waals surface area contributed by atoms with Crippen LogP contribution in [0, 0.1) is 5.82 Å². The average molecular weight is 372 g/mol. The number of hydrogen-bond acceptors (Lipinski definition) is 4. The van der Waals surface area contributed by atoms with Gasteiger partial charge in [-0.05, 0) is 40.8 Å². The molecule has 0 bridgehead atoms. The fraction of sp³-hybridized carbons (Fsp3) is 0.333. The summed E-state index contributed by atoms with van der Waals surface area (Å²) in [5, 5.41) is 20.5. The Balaban J connectivity index is 1.59. The molecule has 2 N–H and O–H groups in total. The van der Waals surface area contributed by atoms with Crippen LogP contribution in [-0.2, 0) is 11.2 Å². The molecule has 0 radical (unpaired) electrons. The summed E-state index contributed by atoms with van der Waals surface area (Å²) in [5.41, 5.74) is 1.47. The second-order valence-electron chi connectivity index (χ2n) is 6.83. The third-order valence-corrected chi connectivity index (χ3v) is 5.98. The molecule has 1 fully saturated rings. The fourth-order valence-corrected chi connectivity index (χ4v) is 4.65. The first-order valence-electron chi connectivity index (χ1n) is 8.82. The summed E-state index contributed by atoms with van der Waals surface area (Å²) in [6.07, 6.45) is 0.213. The van der Waals surface area contributed by atoms with Gasteiger partial charge in [0.05, 0.1) is 24.9 Å². The molecule has 4 rings (SSSR count). The van der Waals surface area contributed by atoms with Crippen LogP contribution in [0.2, 0.25) is 0 Å². The predicted octanol–water partition coefficient (Wildman–Crippen LogP) is 4.20. The highest BCUT2D eigenvalue weighted by molar-refractivity contribution is 7.19. The number of benzene rings is 2. The highest BCUT2D eigenvalue weighted by Crippen LogP contribution is 2.33. The molecule has 1 unspecified atom stereocenters. The minimum atomic E-state index is -0.512. The van der Waals surface area contributed by atoms with Crippen molar-refractivity contribution in [2.75, 3.05) is 6.61 Å². The summed E-state index contributed by atoms with van der Waals surface area (Å²) in [7, 11) is 0. The lowest BCUT2D eigenvalue weighted by molar-refractivity contribution is -0.113. The van der Waals surface area contributed by atoms with Crippen LogP contribution >= 0.6 is 11.3 Å². The molecule has 2 heterocycles. The van der Waals surface area contributed by atoms with Gasteiger partial charge in [-0.25, -0.2) is 4.39 Å². The van der Waals surface area contributed by atoms with Crippen molar-refractivity contribution < 1.29 is 19.3 Å². The van der Waals surface area contributed by atoms with Gasteiger partial charge in [-0.3, -0.25) is 0 Å². The van der Waals surface area contributed by atoms with E-state index in [-0.39, 0.29) is 24.6 Å². The lowest BCUT2D eigenvalue weighted by Gasteiger charge is -2.32. The SMILES string of the molecule is OC[C@@H]1CC(O)C[C@H](c2ccc(F)c(Cc3cc4ccccc4s3)c2)O1. The zero-order valence-electron chi connectivity index (χ0n) is 14.3. The van der Waals surface area contributed by atoms with Crippen LogP contribution in [0.3, 0.4) is 0 Å². The molecule has 0 amide bonds. The van der Waals surface area contributed by atoms with Gasteiger partial charge in [0.2, 0.25) is 0 Å². The molecule has 3 aromatic rings. The van der Waals surface area contributed by atoms with Crippen LogP contribution in [0.5, 0.6) is 0 Å². The lowest BCUT2D eigenvalue weighted by Crippen LogP contribution is -2.33. The van der Waals surface area contributed by atoms with Crippen molar-refractivity contribution in [1.82, 2.24) is 0 Å². The topological polar surface area (TPSA) is 49.7 Å². The van der Waals surface area contributed by atoms with E-state index in [0.29, 0.717) is 24.8 Å². The normalized spacial score (nSPS) is 23.4. The molecule has 1 saturated heterocycles. The molecular weight excluding hydrogens is 351 g/mol. The zero-order chi connectivity index (χ0) is 18.1. The molecule has 136 valence electrons. The van der Waals surface area contributed by atoms with Gasteiger partial charge >= 0.3 is 0 Å². The standard InChI is InChI=1S/C21H21FO3S/c22-19-6-5-13(20-11-16(24)10-17(12-23)25-20)7-15(19)9-18-8-14-3-1-2-4-21(14)26-18/h1-8,16-17,20,23-24H,9-12H2/t16?,17-,20+/m0/s1. The van der Waals surface area contributed by atoms with Crippen LogP contribution in [0.15, 0.2) is 48.5 Å². The molecule has 1 aromatic heterocycles. The van der Waals surface area contributed by atoms with Crippen molar-refractivity contribution in [3.8, 4) is 0 Å². The molecule has 3 nitrogen and oxygen atoms in total.